The van der Waals surface area contributed by atoms with Crippen molar-refractivity contribution in [1.29, 1.82) is 0 Å². The summed E-state index contributed by atoms with van der Waals surface area (Å²) in [5.74, 6) is -0.196. The van der Waals surface area contributed by atoms with E-state index in [9.17, 15) is 10.2 Å². The van der Waals surface area contributed by atoms with Crippen molar-refractivity contribution in [3.05, 3.63) is 11.1 Å². The molecule has 0 amide bonds. The van der Waals surface area contributed by atoms with Crippen LogP contribution < -0.4 is 11.5 Å². The van der Waals surface area contributed by atoms with Gasteiger partial charge in [0.1, 0.15) is 11.5 Å². The monoisotopic (exact) mass is 168 g/mol. The van der Waals surface area contributed by atoms with Gasteiger partial charge in [-0.15, -0.1) is 0 Å². The number of nitrogen functional groups attached to an aromatic ring is 2. The number of benzene rings is 1. The Kier molecular flexibility index (Phi) is 1.76. The van der Waals surface area contributed by atoms with Gasteiger partial charge in [-0.1, -0.05) is 0 Å². The molecular formula is C8H12N2O2. The lowest BCUT2D eigenvalue weighted by molar-refractivity contribution is 0.446. The average molecular weight is 168 g/mol. The van der Waals surface area contributed by atoms with Gasteiger partial charge < -0.3 is 21.7 Å². The highest BCUT2D eigenvalue weighted by Gasteiger charge is 2.13. The van der Waals surface area contributed by atoms with Gasteiger partial charge in [-0.25, -0.2) is 0 Å². The van der Waals surface area contributed by atoms with Crippen molar-refractivity contribution >= 4 is 11.4 Å². The van der Waals surface area contributed by atoms with E-state index in [2.05, 4.69) is 0 Å². The predicted molar refractivity (Wildman–Crippen MR) is 48.1 cm³/mol. The molecule has 0 aromatic heterocycles. The maximum Gasteiger partial charge on any atom is 0.145 e. The van der Waals surface area contributed by atoms with E-state index in [1.807, 2.05) is 0 Å². The van der Waals surface area contributed by atoms with Crippen molar-refractivity contribution in [3.8, 4) is 11.5 Å². The third kappa shape index (κ3) is 0.922. The average Bonchev–Trinajstić information content (AvgIpc) is 2.08. The molecule has 0 radical (unpaired) electrons. The van der Waals surface area contributed by atoms with Crippen LogP contribution in [0.1, 0.15) is 11.1 Å². The first-order valence-corrected chi connectivity index (χ1v) is 3.52. The number of nitrogens with two attached hydrogens (primary N) is 2. The van der Waals surface area contributed by atoms with Gasteiger partial charge >= 0.3 is 0 Å². The first kappa shape index (κ1) is 8.52. The quantitative estimate of drug-likeness (QED) is 0.263. The Labute approximate surface area is 70.4 Å². The number of rotatable bonds is 0. The highest BCUT2D eigenvalue weighted by atomic mass is 16.3. The molecule has 12 heavy (non-hydrogen) atoms. The molecule has 4 heteroatoms. The largest absolute Gasteiger partial charge is 0.505 e. The van der Waals surface area contributed by atoms with Gasteiger partial charge in [0.25, 0.3) is 0 Å². The molecule has 0 fully saturated rings. The van der Waals surface area contributed by atoms with Gasteiger partial charge in [0.05, 0.1) is 11.4 Å². The number of phenolic OH excluding ortho intramolecular Hbond substituents is 2. The summed E-state index contributed by atoms with van der Waals surface area (Å²) in [6, 6.07) is 0. The van der Waals surface area contributed by atoms with Gasteiger partial charge in [-0.3, -0.25) is 0 Å². The fourth-order valence-corrected chi connectivity index (χ4v) is 1.02. The summed E-state index contributed by atoms with van der Waals surface area (Å²) >= 11 is 0. The van der Waals surface area contributed by atoms with E-state index in [-0.39, 0.29) is 22.9 Å². The van der Waals surface area contributed by atoms with E-state index in [0.29, 0.717) is 11.1 Å². The Morgan fingerprint density at radius 1 is 0.833 bits per heavy atom. The molecule has 4 nitrogen and oxygen atoms in total. The Hall–Kier alpha value is -1.58. The maximum absolute atomic E-state index is 9.35. The van der Waals surface area contributed by atoms with Crippen LogP contribution in [0.2, 0.25) is 0 Å². The third-order valence-electron chi connectivity index (χ3n) is 2.03. The molecule has 6 N–H and O–H groups in total. The number of hydrogen-bond donors (Lipinski definition) is 4. The van der Waals surface area contributed by atoms with Gasteiger partial charge in [0.15, 0.2) is 0 Å². The molecule has 0 unspecified atom stereocenters. The van der Waals surface area contributed by atoms with E-state index in [1.54, 1.807) is 13.8 Å². The lowest BCUT2D eigenvalue weighted by Gasteiger charge is -2.11. The summed E-state index contributed by atoms with van der Waals surface area (Å²) in [4.78, 5) is 0. The summed E-state index contributed by atoms with van der Waals surface area (Å²) in [5, 5.41) is 18.7. The van der Waals surface area contributed by atoms with Crippen LogP contribution in [-0.2, 0) is 0 Å². The van der Waals surface area contributed by atoms with Crippen molar-refractivity contribution in [2.45, 2.75) is 13.8 Å². The van der Waals surface area contributed by atoms with E-state index in [0.717, 1.165) is 0 Å². The molecular weight excluding hydrogens is 156 g/mol. The molecule has 0 saturated heterocycles. The Balaban J connectivity index is 3.60. The predicted octanol–water partition coefficient (Wildman–Crippen LogP) is 0.879. The fourth-order valence-electron chi connectivity index (χ4n) is 1.02. The standard InChI is InChI=1S/C8H12N2O2/c1-3-5(9)7(11)4(2)8(12)6(3)10/h11-12H,9-10H2,1-2H3. The Morgan fingerprint density at radius 2 is 1.17 bits per heavy atom. The smallest absolute Gasteiger partial charge is 0.145 e. The molecule has 1 aromatic carbocycles. The molecule has 1 aromatic rings. The van der Waals surface area contributed by atoms with Gasteiger partial charge in [-0.05, 0) is 13.8 Å². The Morgan fingerprint density at radius 3 is 1.50 bits per heavy atom. The van der Waals surface area contributed by atoms with Crippen LogP contribution >= 0.6 is 0 Å². The summed E-state index contributed by atoms with van der Waals surface area (Å²) in [6.07, 6.45) is 0. The van der Waals surface area contributed by atoms with Crippen LogP contribution in [0.5, 0.6) is 11.5 Å². The lowest BCUT2D eigenvalue weighted by atomic mass is 10.1. The molecule has 0 bridgehead atoms. The zero-order chi connectivity index (χ0) is 9.46. The summed E-state index contributed by atoms with van der Waals surface area (Å²) in [7, 11) is 0. The van der Waals surface area contributed by atoms with E-state index in [1.165, 1.54) is 0 Å². The van der Waals surface area contributed by atoms with Crippen LogP contribution in [0.3, 0.4) is 0 Å². The maximum atomic E-state index is 9.35. The minimum Gasteiger partial charge on any atom is -0.505 e. The number of hydrogen-bond acceptors (Lipinski definition) is 4. The van der Waals surface area contributed by atoms with Gasteiger partial charge in [-0.2, -0.15) is 0 Å². The molecule has 0 aliphatic heterocycles. The van der Waals surface area contributed by atoms with Crippen molar-refractivity contribution in [2.24, 2.45) is 0 Å². The Bertz CT molecular complexity index is 229. The van der Waals surface area contributed by atoms with Crippen molar-refractivity contribution in [3.63, 3.8) is 0 Å². The highest BCUT2D eigenvalue weighted by Crippen LogP contribution is 2.40. The van der Waals surface area contributed by atoms with Gasteiger partial charge in [0.2, 0.25) is 0 Å². The van der Waals surface area contributed by atoms with Crippen molar-refractivity contribution in [2.75, 3.05) is 11.5 Å². The minimum atomic E-state index is -0.0980. The van der Waals surface area contributed by atoms with Crippen LogP contribution in [0, 0.1) is 13.8 Å². The minimum absolute atomic E-state index is 0.0980. The molecule has 0 atom stereocenters. The van der Waals surface area contributed by atoms with Crippen LogP contribution in [0.15, 0.2) is 0 Å². The summed E-state index contributed by atoms with van der Waals surface area (Å²) < 4.78 is 0. The second kappa shape index (κ2) is 2.48. The molecule has 1 rings (SSSR count). The van der Waals surface area contributed by atoms with Crippen molar-refractivity contribution in [1.82, 2.24) is 0 Å². The van der Waals surface area contributed by atoms with Gasteiger partial charge in [0, 0.05) is 11.1 Å². The number of anilines is 2. The third-order valence-corrected chi connectivity index (χ3v) is 2.03. The zero-order valence-electron chi connectivity index (χ0n) is 7.05. The summed E-state index contributed by atoms with van der Waals surface area (Å²) in [6.45, 7) is 3.19. The van der Waals surface area contributed by atoms with Crippen LogP contribution in [-0.4, -0.2) is 10.2 Å². The highest BCUT2D eigenvalue weighted by molar-refractivity contribution is 5.76. The van der Waals surface area contributed by atoms with E-state index >= 15 is 0 Å². The van der Waals surface area contributed by atoms with Crippen LogP contribution in [0.25, 0.3) is 0 Å². The first-order valence-electron chi connectivity index (χ1n) is 3.52. The second-order valence-electron chi connectivity index (χ2n) is 2.77. The zero-order valence-corrected chi connectivity index (χ0v) is 7.05. The first-order chi connectivity index (χ1) is 5.46. The SMILES string of the molecule is Cc1c(N)c(O)c(C)c(O)c1N. The summed E-state index contributed by atoms with van der Waals surface area (Å²) in [5.41, 5.74) is 12.3. The van der Waals surface area contributed by atoms with Crippen LogP contribution in [0.4, 0.5) is 11.4 Å². The molecule has 0 aliphatic rings. The number of phenols is 2. The normalized spacial score (nSPS) is 10.2. The van der Waals surface area contributed by atoms with Crippen molar-refractivity contribution < 1.29 is 10.2 Å². The van der Waals surface area contributed by atoms with E-state index in [4.69, 9.17) is 11.5 Å². The molecule has 0 saturated carbocycles. The molecule has 0 aliphatic carbocycles. The topological polar surface area (TPSA) is 92.5 Å². The number of aromatic hydroxyl groups is 2. The lowest BCUT2D eigenvalue weighted by Crippen LogP contribution is -1.98. The fraction of sp³-hybridized carbons (Fsp3) is 0.250. The molecule has 0 spiro atoms. The molecule has 66 valence electrons. The second-order valence-corrected chi connectivity index (χ2v) is 2.77. The van der Waals surface area contributed by atoms with E-state index < -0.39 is 0 Å². The molecule has 0 heterocycles.